The summed E-state index contributed by atoms with van der Waals surface area (Å²) in [6.07, 6.45) is 1.42. The normalized spacial score (nSPS) is 18.5. The maximum Gasteiger partial charge on any atom is 0.220 e. The number of hydrogen-bond acceptors (Lipinski definition) is 4. The highest BCUT2D eigenvalue weighted by Gasteiger charge is 2.20. The van der Waals surface area contributed by atoms with Gasteiger partial charge in [-0.3, -0.25) is 4.79 Å². The Labute approximate surface area is 99.6 Å². The van der Waals surface area contributed by atoms with Gasteiger partial charge in [0.2, 0.25) is 5.91 Å². The lowest BCUT2D eigenvalue weighted by Gasteiger charge is -2.14. The molecule has 0 aliphatic carbocycles. The minimum atomic E-state index is 0.0931. The molecule has 1 unspecified atom stereocenters. The highest BCUT2D eigenvalue weighted by atomic mass is 16.1. The second-order valence-electron chi connectivity index (χ2n) is 4.10. The lowest BCUT2D eigenvalue weighted by Crippen LogP contribution is -2.31. The first-order chi connectivity index (χ1) is 8.19. The molecule has 17 heavy (non-hydrogen) atoms. The first-order valence-electron chi connectivity index (χ1n) is 5.52. The standard InChI is InChI=1S/C12H14N4O/c13-6-8-1-3-10(14)11(5-8)15-7-9-2-4-12(17)16-9/h1,3,5,9,15H,2,4,7,14H2,(H,16,17). The lowest BCUT2D eigenvalue weighted by atomic mass is 10.1. The number of nitriles is 1. The monoisotopic (exact) mass is 230 g/mol. The van der Waals surface area contributed by atoms with Crippen molar-refractivity contribution in [2.24, 2.45) is 0 Å². The molecule has 1 fully saturated rings. The van der Waals surface area contributed by atoms with Crippen LogP contribution in [0.15, 0.2) is 18.2 Å². The summed E-state index contributed by atoms with van der Waals surface area (Å²) in [5, 5.41) is 14.8. The molecule has 0 bridgehead atoms. The Balaban J connectivity index is 1.99. The lowest BCUT2D eigenvalue weighted by molar-refractivity contribution is -0.119. The Morgan fingerprint density at radius 2 is 2.41 bits per heavy atom. The Bertz CT molecular complexity index is 478. The number of benzene rings is 1. The molecule has 0 spiro atoms. The smallest absolute Gasteiger partial charge is 0.220 e. The van der Waals surface area contributed by atoms with Gasteiger partial charge in [0.05, 0.1) is 23.0 Å². The molecule has 2 rings (SSSR count). The van der Waals surface area contributed by atoms with E-state index >= 15 is 0 Å². The van der Waals surface area contributed by atoms with Crippen molar-refractivity contribution in [2.75, 3.05) is 17.6 Å². The minimum absolute atomic E-state index is 0.0931. The largest absolute Gasteiger partial charge is 0.397 e. The van der Waals surface area contributed by atoms with Crippen molar-refractivity contribution in [2.45, 2.75) is 18.9 Å². The van der Waals surface area contributed by atoms with E-state index in [4.69, 9.17) is 11.0 Å². The first kappa shape index (κ1) is 11.3. The van der Waals surface area contributed by atoms with Gasteiger partial charge in [-0.1, -0.05) is 0 Å². The number of carbonyl (C=O) groups excluding carboxylic acids is 1. The van der Waals surface area contributed by atoms with Crippen LogP contribution in [0, 0.1) is 11.3 Å². The molecule has 0 aromatic heterocycles. The molecule has 0 saturated carbocycles. The van der Waals surface area contributed by atoms with E-state index in [9.17, 15) is 4.79 Å². The van der Waals surface area contributed by atoms with Crippen LogP contribution in [0.1, 0.15) is 18.4 Å². The molecular weight excluding hydrogens is 216 g/mol. The summed E-state index contributed by atoms with van der Waals surface area (Å²) < 4.78 is 0. The van der Waals surface area contributed by atoms with Crippen LogP contribution in [0.2, 0.25) is 0 Å². The van der Waals surface area contributed by atoms with Crippen LogP contribution in [0.5, 0.6) is 0 Å². The fourth-order valence-electron chi connectivity index (χ4n) is 1.84. The molecule has 4 N–H and O–H groups in total. The van der Waals surface area contributed by atoms with Crippen LogP contribution in [-0.4, -0.2) is 18.5 Å². The van der Waals surface area contributed by atoms with E-state index in [0.717, 1.165) is 12.1 Å². The van der Waals surface area contributed by atoms with Gasteiger partial charge >= 0.3 is 0 Å². The molecule has 5 heteroatoms. The highest BCUT2D eigenvalue weighted by Crippen LogP contribution is 2.20. The number of nitrogen functional groups attached to an aromatic ring is 1. The van der Waals surface area contributed by atoms with Crippen molar-refractivity contribution in [1.82, 2.24) is 5.32 Å². The molecule has 1 aliphatic heterocycles. The quantitative estimate of drug-likeness (QED) is 0.671. The Morgan fingerprint density at radius 1 is 1.59 bits per heavy atom. The summed E-state index contributed by atoms with van der Waals surface area (Å²) >= 11 is 0. The van der Waals surface area contributed by atoms with Gasteiger partial charge in [0.15, 0.2) is 0 Å². The molecular formula is C12H14N4O. The Hall–Kier alpha value is -2.22. The number of amides is 1. The molecule has 1 saturated heterocycles. The second-order valence-corrected chi connectivity index (χ2v) is 4.10. The Morgan fingerprint density at radius 3 is 3.06 bits per heavy atom. The number of nitrogens with zero attached hydrogens (tertiary/aromatic N) is 1. The maximum absolute atomic E-state index is 11.0. The predicted molar refractivity (Wildman–Crippen MR) is 65.2 cm³/mol. The first-order valence-corrected chi connectivity index (χ1v) is 5.52. The number of anilines is 2. The summed E-state index contributed by atoms with van der Waals surface area (Å²) in [4.78, 5) is 11.0. The third kappa shape index (κ3) is 2.67. The van der Waals surface area contributed by atoms with E-state index in [0.29, 0.717) is 24.2 Å². The van der Waals surface area contributed by atoms with E-state index in [-0.39, 0.29) is 11.9 Å². The van der Waals surface area contributed by atoms with Gasteiger partial charge in [-0.2, -0.15) is 5.26 Å². The van der Waals surface area contributed by atoms with Crippen molar-refractivity contribution in [3.05, 3.63) is 23.8 Å². The fourth-order valence-corrected chi connectivity index (χ4v) is 1.84. The van der Waals surface area contributed by atoms with Crippen LogP contribution >= 0.6 is 0 Å². The van der Waals surface area contributed by atoms with Crippen LogP contribution in [0.3, 0.4) is 0 Å². The molecule has 0 radical (unpaired) electrons. The topological polar surface area (TPSA) is 90.9 Å². The van der Waals surface area contributed by atoms with Crippen LogP contribution in [0.4, 0.5) is 11.4 Å². The zero-order chi connectivity index (χ0) is 12.3. The fraction of sp³-hybridized carbons (Fsp3) is 0.333. The molecule has 1 aromatic rings. The molecule has 1 aliphatic rings. The van der Waals surface area contributed by atoms with Gasteiger partial charge < -0.3 is 16.4 Å². The Kier molecular flexibility index (Phi) is 3.15. The van der Waals surface area contributed by atoms with E-state index in [1.807, 2.05) is 0 Å². The SMILES string of the molecule is N#Cc1ccc(N)c(NCC2CCC(=O)N2)c1. The van der Waals surface area contributed by atoms with E-state index in [2.05, 4.69) is 16.7 Å². The van der Waals surface area contributed by atoms with Gasteiger partial charge in [0, 0.05) is 19.0 Å². The summed E-state index contributed by atoms with van der Waals surface area (Å²) in [7, 11) is 0. The van der Waals surface area contributed by atoms with Gasteiger partial charge in [-0.15, -0.1) is 0 Å². The maximum atomic E-state index is 11.0. The molecule has 88 valence electrons. The summed E-state index contributed by atoms with van der Waals surface area (Å²) in [5.74, 6) is 0.0931. The number of hydrogen-bond donors (Lipinski definition) is 3. The molecule has 5 nitrogen and oxygen atoms in total. The van der Waals surface area contributed by atoms with Crippen molar-refractivity contribution in [3.63, 3.8) is 0 Å². The molecule has 1 atom stereocenters. The number of nitrogens with two attached hydrogens (primary N) is 1. The van der Waals surface area contributed by atoms with E-state index in [1.165, 1.54) is 0 Å². The molecule has 1 heterocycles. The third-order valence-electron chi connectivity index (χ3n) is 2.81. The number of rotatable bonds is 3. The van der Waals surface area contributed by atoms with Crippen LogP contribution < -0.4 is 16.4 Å². The van der Waals surface area contributed by atoms with Gasteiger partial charge in [-0.05, 0) is 24.6 Å². The average Bonchev–Trinajstić information content (AvgIpc) is 2.74. The van der Waals surface area contributed by atoms with E-state index in [1.54, 1.807) is 18.2 Å². The summed E-state index contributed by atoms with van der Waals surface area (Å²) in [5.41, 5.74) is 7.71. The zero-order valence-corrected chi connectivity index (χ0v) is 9.36. The van der Waals surface area contributed by atoms with Crippen molar-refractivity contribution in [1.29, 1.82) is 5.26 Å². The van der Waals surface area contributed by atoms with Gasteiger partial charge in [0.25, 0.3) is 0 Å². The zero-order valence-electron chi connectivity index (χ0n) is 9.36. The molecule has 1 aromatic carbocycles. The predicted octanol–water partition coefficient (Wildman–Crippen LogP) is 0.831. The van der Waals surface area contributed by atoms with Crippen molar-refractivity contribution < 1.29 is 4.79 Å². The third-order valence-corrected chi connectivity index (χ3v) is 2.81. The highest BCUT2D eigenvalue weighted by molar-refractivity contribution is 5.78. The van der Waals surface area contributed by atoms with Gasteiger partial charge in [-0.25, -0.2) is 0 Å². The summed E-state index contributed by atoms with van der Waals surface area (Å²) in [6, 6.07) is 7.31. The average molecular weight is 230 g/mol. The van der Waals surface area contributed by atoms with Crippen LogP contribution in [0.25, 0.3) is 0 Å². The van der Waals surface area contributed by atoms with Crippen molar-refractivity contribution >= 4 is 17.3 Å². The van der Waals surface area contributed by atoms with E-state index < -0.39 is 0 Å². The number of carbonyl (C=O) groups is 1. The minimum Gasteiger partial charge on any atom is -0.397 e. The van der Waals surface area contributed by atoms with Crippen molar-refractivity contribution in [3.8, 4) is 6.07 Å². The molecule has 1 amide bonds. The second kappa shape index (κ2) is 4.74. The summed E-state index contributed by atoms with van der Waals surface area (Å²) in [6.45, 7) is 0.630. The number of nitrogens with one attached hydrogen (secondary N) is 2. The van der Waals surface area contributed by atoms with Gasteiger partial charge in [0.1, 0.15) is 0 Å². The van der Waals surface area contributed by atoms with Crippen LogP contribution in [-0.2, 0) is 4.79 Å².